The molecule has 0 unspecified atom stereocenters. The largest absolute Gasteiger partial charge is 0.435 e. The molecule has 1 saturated carbocycles. The zero-order valence-electron chi connectivity index (χ0n) is 13.3. The minimum absolute atomic E-state index is 0.0130. The highest BCUT2D eigenvalue weighted by Crippen LogP contribution is 2.35. The summed E-state index contributed by atoms with van der Waals surface area (Å²) in [5.41, 5.74) is -0.967. The van der Waals surface area contributed by atoms with Gasteiger partial charge in [-0.3, -0.25) is 4.99 Å². The van der Waals surface area contributed by atoms with Gasteiger partial charge in [0.1, 0.15) is 0 Å². The number of alkyl halides is 3. The third-order valence-electron chi connectivity index (χ3n) is 3.85. The molecule has 1 aliphatic carbocycles. The van der Waals surface area contributed by atoms with Gasteiger partial charge in [0.2, 0.25) is 0 Å². The van der Waals surface area contributed by atoms with Gasteiger partial charge in [0, 0.05) is 18.3 Å². The lowest BCUT2D eigenvalue weighted by Crippen LogP contribution is -2.23. The highest BCUT2D eigenvalue weighted by atomic mass is 19.4. The van der Waals surface area contributed by atoms with Gasteiger partial charge in [-0.2, -0.15) is 13.2 Å². The summed E-state index contributed by atoms with van der Waals surface area (Å²) in [5, 5.41) is 2.83. The van der Waals surface area contributed by atoms with Crippen molar-refractivity contribution in [1.82, 2.24) is 4.98 Å². The van der Waals surface area contributed by atoms with Crippen molar-refractivity contribution in [1.29, 1.82) is 0 Å². The minimum atomic E-state index is -4.61. The predicted molar refractivity (Wildman–Crippen MR) is 87.5 cm³/mol. The monoisotopic (exact) mass is 341 g/mol. The Hall–Kier alpha value is -2.18. The van der Waals surface area contributed by atoms with Crippen LogP contribution in [0.2, 0.25) is 0 Å². The van der Waals surface area contributed by atoms with Gasteiger partial charge in [-0.15, -0.1) is 0 Å². The number of pyridine rings is 1. The van der Waals surface area contributed by atoms with Crippen LogP contribution >= 0.6 is 0 Å². The van der Waals surface area contributed by atoms with Crippen molar-refractivity contribution < 1.29 is 17.6 Å². The average molecular weight is 341 g/mol. The van der Waals surface area contributed by atoms with Crippen LogP contribution < -0.4 is 5.32 Å². The Bertz CT molecular complexity index is 654. The fourth-order valence-electron chi connectivity index (χ4n) is 2.42. The Balaban J connectivity index is 2.35. The first kappa shape index (κ1) is 18.2. The first-order chi connectivity index (χ1) is 11.3. The average Bonchev–Trinajstić information content (AvgIpc) is 2.44. The van der Waals surface area contributed by atoms with Gasteiger partial charge < -0.3 is 5.32 Å². The van der Waals surface area contributed by atoms with Crippen LogP contribution in [0.3, 0.4) is 0 Å². The molecule has 0 radical (unpaired) electrons. The van der Waals surface area contributed by atoms with Gasteiger partial charge in [-0.1, -0.05) is 6.42 Å². The summed E-state index contributed by atoms with van der Waals surface area (Å²) in [6.45, 7) is 4.93. The Morgan fingerprint density at radius 2 is 2.12 bits per heavy atom. The molecule has 0 atom stereocenters. The van der Waals surface area contributed by atoms with Crippen LogP contribution in [0.15, 0.2) is 35.2 Å². The molecule has 0 amide bonds. The van der Waals surface area contributed by atoms with E-state index in [2.05, 4.69) is 22.0 Å². The van der Waals surface area contributed by atoms with Gasteiger partial charge >= 0.3 is 6.18 Å². The molecule has 0 saturated heterocycles. The van der Waals surface area contributed by atoms with E-state index in [1.807, 2.05) is 0 Å². The highest BCUT2D eigenvalue weighted by molar-refractivity contribution is 5.73. The summed E-state index contributed by atoms with van der Waals surface area (Å²) < 4.78 is 53.1. The van der Waals surface area contributed by atoms with Gasteiger partial charge in [0.05, 0.1) is 17.2 Å². The van der Waals surface area contributed by atoms with Crippen LogP contribution in [0, 0.1) is 5.92 Å². The lowest BCUT2D eigenvalue weighted by atomic mass is 9.85. The molecule has 0 spiro atoms. The Morgan fingerprint density at radius 3 is 2.62 bits per heavy atom. The molecule has 1 aliphatic rings. The number of rotatable bonds is 6. The second-order valence-electron chi connectivity index (χ2n) is 5.77. The van der Waals surface area contributed by atoms with Crippen molar-refractivity contribution >= 4 is 18.0 Å². The molecule has 1 aromatic rings. The number of nitrogens with one attached hydrogen (secondary N) is 1. The van der Waals surface area contributed by atoms with Crippen LogP contribution in [-0.2, 0) is 6.18 Å². The Kier molecular flexibility index (Phi) is 5.75. The number of aromatic nitrogens is 1. The van der Waals surface area contributed by atoms with Crippen molar-refractivity contribution in [3.05, 3.63) is 41.6 Å². The number of halogens is 4. The Labute approximate surface area is 138 Å². The van der Waals surface area contributed by atoms with Crippen molar-refractivity contribution in [2.75, 3.05) is 11.9 Å². The summed E-state index contributed by atoms with van der Waals surface area (Å²) >= 11 is 0. The first-order valence-corrected chi connectivity index (χ1v) is 7.63. The number of nitrogens with zero attached hydrogens (tertiary/aromatic N) is 2. The topological polar surface area (TPSA) is 37.3 Å². The summed E-state index contributed by atoms with van der Waals surface area (Å²) in [4.78, 5) is 7.18. The van der Waals surface area contributed by atoms with E-state index in [1.54, 1.807) is 0 Å². The lowest BCUT2D eigenvalue weighted by molar-refractivity contribution is -0.140. The smallest absolute Gasteiger partial charge is 0.383 e. The zero-order valence-corrected chi connectivity index (χ0v) is 13.3. The second kappa shape index (κ2) is 7.59. The SMILES string of the molecule is C=N/C=C(\C=C(/C)F)c1ccc(NCC2CCC2)c(C(F)(F)F)n1. The summed E-state index contributed by atoms with van der Waals surface area (Å²) in [7, 11) is 0. The third kappa shape index (κ3) is 4.66. The van der Waals surface area contributed by atoms with E-state index in [0.29, 0.717) is 12.5 Å². The molecule has 2 rings (SSSR count). The third-order valence-corrected chi connectivity index (χ3v) is 3.85. The molecule has 0 aromatic carbocycles. The molecular formula is C17H19F4N3. The highest BCUT2D eigenvalue weighted by Gasteiger charge is 2.36. The fraction of sp³-hybridized carbons (Fsp3) is 0.412. The van der Waals surface area contributed by atoms with Crippen LogP contribution in [0.4, 0.5) is 23.2 Å². The van der Waals surface area contributed by atoms with Gasteiger partial charge in [0.15, 0.2) is 5.69 Å². The van der Waals surface area contributed by atoms with E-state index in [4.69, 9.17) is 0 Å². The molecule has 1 fully saturated rings. The number of hydrogen-bond donors (Lipinski definition) is 1. The summed E-state index contributed by atoms with van der Waals surface area (Å²) in [6.07, 6.45) is 0.800. The number of anilines is 1. The first-order valence-electron chi connectivity index (χ1n) is 7.63. The molecule has 0 bridgehead atoms. The zero-order chi connectivity index (χ0) is 17.7. The summed E-state index contributed by atoms with van der Waals surface area (Å²) in [5.74, 6) is -0.157. The molecular weight excluding hydrogens is 322 g/mol. The molecule has 1 aromatic heterocycles. The van der Waals surface area contributed by atoms with E-state index in [9.17, 15) is 17.6 Å². The maximum absolute atomic E-state index is 13.3. The normalized spacial score (nSPS) is 16.7. The number of hydrogen-bond acceptors (Lipinski definition) is 3. The summed E-state index contributed by atoms with van der Waals surface area (Å²) in [6, 6.07) is 2.73. The standard InChI is InChI=1S/C17H19F4N3/c1-11(18)8-13(10-22-2)14-6-7-15(16(24-14)17(19,20)21)23-9-12-4-3-5-12/h6-8,10,12,23H,2-5,9H2,1H3/b11-8+,13-10+. The molecule has 24 heavy (non-hydrogen) atoms. The molecule has 1 N–H and O–H groups in total. The Morgan fingerprint density at radius 1 is 1.42 bits per heavy atom. The second-order valence-corrected chi connectivity index (χ2v) is 5.77. The molecule has 3 nitrogen and oxygen atoms in total. The molecule has 130 valence electrons. The van der Waals surface area contributed by atoms with Crippen LogP contribution in [0.1, 0.15) is 37.6 Å². The molecule has 0 aliphatic heterocycles. The fourth-order valence-corrected chi connectivity index (χ4v) is 2.42. The van der Waals surface area contributed by atoms with Crippen LogP contribution in [0.25, 0.3) is 5.57 Å². The van der Waals surface area contributed by atoms with Crippen molar-refractivity contribution in [3.63, 3.8) is 0 Å². The predicted octanol–water partition coefficient (Wildman–Crippen LogP) is 5.23. The van der Waals surface area contributed by atoms with Crippen LogP contribution in [-0.4, -0.2) is 18.2 Å². The van der Waals surface area contributed by atoms with E-state index in [1.165, 1.54) is 25.3 Å². The van der Waals surface area contributed by atoms with Crippen molar-refractivity contribution in [2.24, 2.45) is 10.9 Å². The van der Waals surface area contributed by atoms with Gasteiger partial charge in [0.25, 0.3) is 0 Å². The van der Waals surface area contributed by atoms with Crippen molar-refractivity contribution in [2.45, 2.75) is 32.4 Å². The number of allylic oxidation sites excluding steroid dienone is 3. The molecule has 1 heterocycles. The van der Waals surface area contributed by atoms with E-state index >= 15 is 0 Å². The molecule has 7 heteroatoms. The van der Waals surface area contributed by atoms with Crippen LogP contribution in [0.5, 0.6) is 0 Å². The lowest BCUT2D eigenvalue weighted by Gasteiger charge is -2.26. The minimum Gasteiger partial charge on any atom is -0.383 e. The van der Waals surface area contributed by atoms with Gasteiger partial charge in [-0.05, 0) is 50.6 Å². The van der Waals surface area contributed by atoms with Crippen molar-refractivity contribution in [3.8, 4) is 0 Å². The quantitative estimate of drug-likeness (QED) is 0.437. The van der Waals surface area contributed by atoms with Gasteiger partial charge in [-0.25, -0.2) is 9.37 Å². The maximum Gasteiger partial charge on any atom is 0.435 e. The number of aliphatic imine (C=N–C) groups is 1. The van der Waals surface area contributed by atoms with E-state index in [0.717, 1.165) is 25.3 Å². The maximum atomic E-state index is 13.3. The van der Waals surface area contributed by atoms with E-state index in [-0.39, 0.29) is 17.0 Å². The van der Waals surface area contributed by atoms with E-state index < -0.39 is 17.7 Å².